The predicted molar refractivity (Wildman–Crippen MR) is 70.7 cm³/mol. The van der Waals surface area contributed by atoms with Crippen LogP contribution in [0.1, 0.15) is 19.4 Å². The van der Waals surface area contributed by atoms with Crippen LogP contribution in [0.4, 0.5) is 0 Å². The van der Waals surface area contributed by atoms with Crippen LogP contribution < -0.4 is 9.47 Å². The SMILES string of the molecule is COc1ccc(OC)c(CN(C)C(C)(C)C#N)c1. The van der Waals surface area contributed by atoms with Crippen LogP contribution in [-0.2, 0) is 6.54 Å². The molecule has 0 saturated heterocycles. The zero-order valence-electron chi connectivity index (χ0n) is 11.7. The average molecular weight is 248 g/mol. The molecule has 0 atom stereocenters. The van der Waals surface area contributed by atoms with Crippen LogP contribution in [0, 0.1) is 11.3 Å². The van der Waals surface area contributed by atoms with E-state index in [0.717, 1.165) is 17.1 Å². The van der Waals surface area contributed by atoms with E-state index >= 15 is 0 Å². The van der Waals surface area contributed by atoms with Crippen LogP contribution in [-0.4, -0.2) is 31.7 Å². The predicted octanol–water partition coefficient (Wildman–Crippen LogP) is 2.44. The van der Waals surface area contributed by atoms with Gasteiger partial charge in [0.1, 0.15) is 17.0 Å². The van der Waals surface area contributed by atoms with Crippen molar-refractivity contribution in [3.8, 4) is 17.6 Å². The van der Waals surface area contributed by atoms with E-state index in [1.807, 2.05) is 44.0 Å². The minimum atomic E-state index is -0.520. The highest BCUT2D eigenvalue weighted by atomic mass is 16.5. The van der Waals surface area contributed by atoms with Gasteiger partial charge in [-0.1, -0.05) is 0 Å². The van der Waals surface area contributed by atoms with Crippen molar-refractivity contribution in [1.29, 1.82) is 5.26 Å². The molecule has 0 bridgehead atoms. The maximum absolute atomic E-state index is 9.12. The molecular weight excluding hydrogens is 228 g/mol. The second-order valence-corrected chi connectivity index (χ2v) is 4.70. The number of ether oxygens (including phenoxy) is 2. The number of hydrogen-bond acceptors (Lipinski definition) is 4. The van der Waals surface area contributed by atoms with Crippen molar-refractivity contribution in [1.82, 2.24) is 4.90 Å². The van der Waals surface area contributed by atoms with E-state index in [1.165, 1.54) is 0 Å². The minimum absolute atomic E-state index is 0.520. The highest BCUT2D eigenvalue weighted by molar-refractivity contribution is 5.40. The van der Waals surface area contributed by atoms with Crippen molar-refractivity contribution >= 4 is 0 Å². The third kappa shape index (κ3) is 3.14. The summed E-state index contributed by atoms with van der Waals surface area (Å²) in [6.45, 7) is 4.40. The Bertz CT molecular complexity index is 450. The van der Waals surface area contributed by atoms with Crippen LogP contribution >= 0.6 is 0 Å². The molecule has 0 unspecified atom stereocenters. The van der Waals surface area contributed by atoms with Gasteiger partial charge in [0.05, 0.1) is 20.3 Å². The van der Waals surface area contributed by atoms with Crippen LogP contribution in [0.3, 0.4) is 0 Å². The molecule has 1 aromatic carbocycles. The Hall–Kier alpha value is -1.73. The number of rotatable bonds is 5. The van der Waals surface area contributed by atoms with Gasteiger partial charge in [-0.3, -0.25) is 4.90 Å². The van der Waals surface area contributed by atoms with Gasteiger partial charge in [-0.15, -0.1) is 0 Å². The first-order chi connectivity index (χ1) is 8.44. The van der Waals surface area contributed by atoms with Gasteiger partial charge in [-0.2, -0.15) is 5.26 Å². The van der Waals surface area contributed by atoms with Crippen LogP contribution in [0.25, 0.3) is 0 Å². The van der Waals surface area contributed by atoms with Gasteiger partial charge >= 0.3 is 0 Å². The first kappa shape index (κ1) is 14.3. The molecule has 98 valence electrons. The Labute approximate surface area is 109 Å². The number of methoxy groups -OCH3 is 2. The smallest absolute Gasteiger partial charge is 0.123 e. The summed E-state index contributed by atoms with van der Waals surface area (Å²) in [6, 6.07) is 7.95. The minimum Gasteiger partial charge on any atom is -0.497 e. The highest BCUT2D eigenvalue weighted by Gasteiger charge is 2.23. The molecule has 0 aliphatic heterocycles. The largest absolute Gasteiger partial charge is 0.497 e. The van der Waals surface area contributed by atoms with E-state index in [-0.39, 0.29) is 0 Å². The fourth-order valence-corrected chi connectivity index (χ4v) is 1.54. The maximum Gasteiger partial charge on any atom is 0.123 e. The van der Waals surface area contributed by atoms with Gasteiger partial charge in [0.15, 0.2) is 0 Å². The molecule has 4 nitrogen and oxygen atoms in total. The van der Waals surface area contributed by atoms with Gasteiger partial charge in [-0.05, 0) is 39.1 Å². The summed E-state index contributed by atoms with van der Waals surface area (Å²) >= 11 is 0. The van der Waals surface area contributed by atoms with Crippen molar-refractivity contribution in [2.75, 3.05) is 21.3 Å². The summed E-state index contributed by atoms with van der Waals surface area (Å²) in [5.74, 6) is 1.59. The topological polar surface area (TPSA) is 45.5 Å². The van der Waals surface area contributed by atoms with Gasteiger partial charge in [0.2, 0.25) is 0 Å². The molecule has 0 fully saturated rings. The first-order valence-electron chi connectivity index (χ1n) is 5.78. The highest BCUT2D eigenvalue weighted by Crippen LogP contribution is 2.26. The monoisotopic (exact) mass is 248 g/mol. The van der Waals surface area contributed by atoms with Crippen molar-refractivity contribution in [3.63, 3.8) is 0 Å². The zero-order valence-corrected chi connectivity index (χ0v) is 11.7. The molecule has 4 heteroatoms. The maximum atomic E-state index is 9.12. The summed E-state index contributed by atoms with van der Waals surface area (Å²) in [5.41, 5.74) is 0.483. The number of nitriles is 1. The standard InChI is InChI=1S/C14H20N2O2/c1-14(2,10-15)16(3)9-11-8-12(17-4)6-7-13(11)18-5/h6-8H,9H2,1-5H3. The van der Waals surface area contributed by atoms with E-state index in [0.29, 0.717) is 6.54 Å². The average Bonchev–Trinajstić information content (AvgIpc) is 2.38. The lowest BCUT2D eigenvalue weighted by Crippen LogP contribution is -2.39. The molecule has 0 amide bonds. The van der Waals surface area contributed by atoms with E-state index in [4.69, 9.17) is 14.7 Å². The summed E-state index contributed by atoms with van der Waals surface area (Å²) in [6.07, 6.45) is 0. The van der Waals surface area contributed by atoms with Gasteiger partial charge in [0.25, 0.3) is 0 Å². The second kappa shape index (κ2) is 5.74. The fraction of sp³-hybridized carbons (Fsp3) is 0.500. The number of benzene rings is 1. The molecule has 0 radical (unpaired) electrons. The number of nitrogens with zero attached hydrogens (tertiary/aromatic N) is 2. The summed E-state index contributed by atoms with van der Waals surface area (Å²) < 4.78 is 10.5. The van der Waals surface area contributed by atoms with Crippen LogP contribution in [0.2, 0.25) is 0 Å². The van der Waals surface area contributed by atoms with E-state index in [2.05, 4.69) is 6.07 Å². The van der Waals surface area contributed by atoms with Gasteiger partial charge < -0.3 is 9.47 Å². The lowest BCUT2D eigenvalue weighted by molar-refractivity contribution is 0.200. The lowest BCUT2D eigenvalue weighted by Gasteiger charge is -2.29. The Morgan fingerprint density at radius 2 is 1.94 bits per heavy atom. The van der Waals surface area contributed by atoms with E-state index in [9.17, 15) is 0 Å². The van der Waals surface area contributed by atoms with Crippen molar-refractivity contribution < 1.29 is 9.47 Å². The zero-order chi connectivity index (χ0) is 13.8. The van der Waals surface area contributed by atoms with Crippen molar-refractivity contribution in [2.45, 2.75) is 25.9 Å². The summed E-state index contributed by atoms with van der Waals surface area (Å²) in [4.78, 5) is 1.98. The Balaban J connectivity index is 2.99. The van der Waals surface area contributed by atoms with Gasteiger partial charge in [-0.25, -0.2) is 0 Å². The Morgan fingerprint density at radius 1 is 1.28 bits per heavy atom. The molecule has 0 aliphatic carbocycles. The Morgan fingerprint density at radius 3 is 2.44 bits per heavy atom. The van der Waals surface area contributed by atoms with E-state index < -0.39 is 5.54 Å². The molecule has 1 rings (SSSR count). The molecule has 0 aromatic heterocycles. The molecule has 0 N–H and O–H groups in total. The molecule has 0 spiro atoms. The van der Waals surface area contributed by atoms with Gasteiger partial charge in [0, 0.05) is 12.1 Å². The fourth-order valence-electron chi connectivity index (χ4n) is 1.54. The normalized spacial score (nSPS) is 11.2. The lowest BCUT2D eigenvalue weighted by atomic mass is 10.0. The van der Waals surface area contributed by atoms with E-state index in [1.54, 1.807) is 14.2 Å². The summed E-state index contributed by atoms with van der Waals surface area (Å²) in [7, 11) is 5.19. The van der Waals surface area contributed by atoms with Crippen molar-refractivity contribution in [3.05, 3.63) is 23.8 Å². The third-order valence-corrected chi connectivity index (χ3v) is 3.12. The third-order valence-electron chi connectivity index (χ3n) is 3.12. The Kier molecular flexibility index (Phi) is 4.57. The van der Waals surface area contributed by atoms with Crippen LogP contribution in [0.5, 0.6) is 11.5 Å². The van der Waals surface area contributed by atoms with Crippen molar-refractivity contribution in [2.24, 2.45) is 0 Å². The second-order valence-electron chi connectivity index (χ2n) is 4.70. The van der Waals surface area contributed by atoms with Crippen LogP contribution in [0.15, 0.2) is 18.2 Å². The molecule has 0 heterocycles. The number of hydrogen-bond donors (Lipinski definition) is 0. The summed E-state index contributed by atoms with van der Waals surface area (Å²) in [5, 5.41) is 9.12. The molecular formula is C14H20N2O2. The molecule has 1 aromatic rings. The molecule has 18 heavy (non-hydrogen) atoms. The molecule has 0 saturated carbocycles. The quantitative estimate of drug-likeness (QED) is 0.803. The molecule has 0 aliphatic rings. The first-order valence-corrected chi connectivity index (χ1v) is 5.78.